The van der Waals surface area contributed by atoms with E-state index in [-0.39, 0.29) is 12.5 Å². The molecule has 0 radical (unpaired) electrons. The van der Waals surface area contributed by atoms with Crippen LogP contribution >= 0.6 is 23.2 Å². The van der Waals surface area contributed by atoms with Crippen molar-refractivity contribution in [3.63, 3.8) is 0 Å². The van der Waals surface area contributed by atoms with E-state index in [1.165, 1.54) is 6.20 Å². The molecule has 1 aliphatic rings. The second kappa shape index (κ2) is 5.56. The zero-order chi connectivity index (χ0) is 12.3. The van der Waals surface area contributed by atoms with Gasteiger partial charge < -0.3 is 10.2 Å². The van der Waals surface area contributed by atoms with Gasteiger partial charge in [-0.15, -0.1) is 0 Å². The van der Waals surface area contributed by atoms with E-state index in [0.29, 0.717) is 15.9 Å². The maximum Gasteiger partial charge on any atom is 0.241 e. The molecule has 0 aliphatic carbocycles. The summed E-state index contributed by atoms with van der Waals surface area (Å²) in [6.07, 6.45) is 3.67. The molecule has 1 amide bonds. The van der Waals surface area contributed by atoms with Crippen molar-refractivity contribution in [1.82, 2.24) is 9.88 Å². The van der Waals surface area contributed by atoms with E-state index >= 15 is 0 Å². The third kappa shape index (κ3) is 3.23. The summed E-state index contributed by atoms with van der Waals surface area (Å²) < 4.78 is 0. The molecule has 0 spiro atoms. The van der Waals surface area contributed by atoms with Crippen molar-refractivity contribution in [3.05, 3.63) is 22.3 Å². The number of hydrogen-bond acceptors (Lipinski definition) is 3. The average molecular weight is 274 g/mol. The van der Waals surface area contributed by atoms with Crippen molar-refractivity contribution in [1.29, 1.82) is 0 Å². The molecule has 2 heterocycles. The van der Waals surface area contributed by atoms with E-state index in [9.17, 15) is 4.79 Å². The number of carbonyl (C=O) groups excluding carboxylic acids is 1. The molecule has 1 N–H and O–H groups in total. The molecule has 1 fully saturated rings. The Labute approximate surface area is 110 Å². The van der Waals surface area contributed by atoms with Crippen LogP contribution in [0.1, 0.15) is 12.8 Å². The van der Waals surface area contributed by atoms with Crippen LogP contribution in [-0.4, -0.2) is 35.4 Å². The molecule has 1 saturated heterocycles. The van der Waals surface area contributed by atoms with Crippen LogP contribution < -0.4 is 5.32 Å². The van der Waals surface area contributed by atoms with E-state index in [2.05, 4.69) is 10.3 Å². The normalized spacial score (nSPS) is 15.1. The summed E-state index contributed by atoms with van der Waals surface area (Å²) in [7, 11) is 0. The van der Waals surface area contributed by atoms with Crippen LogP contribution in [0.4, 0.5) is 5.82 Å². The lowest BCUT2D eigenvalue weighted by Crippen LogP contribution is -2.33. The summed E-state index contributed by atoms with van der Waals surface area (Å²) in [4.78, 5) is 17.6. The van der Waals surface area contributed by atoms with Gasteiger partial charge >= 0.3 is 0 Å². The minimum Gasteiger partial charge on any atom is -0.360 e. The van der Waals surface area contributed by atoms with Crippen molar-refractivity contribution in [2.75, 3.05) is 25.0 Å². The summed E-state index contributed by atoms with van der Waals surface area (Å²) in [6.45, 7) is 1.92. The molecule has 4 nitrogen and oxygen atoms in total. The summed E-state index contributed by atoms with van der Waals surface area (Å²) in [5.41, 5.74) is 0. The number of halogens is 2. The Morgan fingerprint density at radius 3 is 2.76 bits per heavy atom. The molecular weight excluding hydrogens is 261 g/mol. The first-order valence-corrected chi connectivity index (χ1v) is 6.25. The van der Waals surface area contributed by atoms with Crippen molar-refractivity contribution in [3.8, 4) is 0 Å². The number of amides is 1. The Morgan fingerprint density at radius 2 is 2.12 bits per heavy atom. The molecule has 1 aromatic heterocycles. The van der Waals surface area contributed by atoms with Gasteiger partial charge in [0.25, 0.3) is 0 Å². The minimum absolute atomic E-state index is 0.0790. The molecular formula is C11H13Cl2N3O. The number of nitrogens with zero attached hydrogens (tertiary/aromatic N) is 2. The molecule has 17 heavy (non-hydrogen) atoms. The SMILES string of the molecule is O=C(CNc1ncc(Cl)cc1Cl)N1CCCC1. The molecule has 1 aromatic rings. The van der Waals surface area contributed by atoms with Crippen molar-refractivity contribution in [2.24, 2.45) is 0 Å². The maximum absolute atomic E-state index is 11.8. The molecule has 92 valence electrons. The second-order valence-electron chi connectivity index (χ2n) is 3.93. The zero-order valence-electron chi connectivity index (χ0n) is 9.25. The van der Waals surface area contributed by atoms with Crippen LogP contribution in [0.3, 0.4) is 0 Å². The monoisotopic (exact) mass is 273 g/mol. The fourth-order valence-electron chi connectivity index (χ4n) is 1.78. The maximum atomic E-state index is 11.8. The molecule has 0 aromatic carbocycles. The number of nitrogens with one attached hydrogen (secondary N) is 1. The third-order valence-corrected chi connectivity index (χ3v) is 3.17. The number of aromatic nitrogens is 1. The van der Waals surface area contributed by atoms with Crippen molar-refractivity contribution in [2.45, 2.75) is 12.8 Å². The number of anilines is 1. The van der Waals surface area contributed by atoms with E-state index < -0.39 is 0 Å². The summed E-state index contributed by atoms with van der Waals surface area (Å²) in [6, 6.07) is 1.60. The van der Waals surface area contributed by atoms with Gasteiger partial charge in [-0.2, -0.15) is 0 Å². The Balaban J connectivity index is 1.90. The first kappa shape index (κ1) is 12.5. The molecule has 0 unspecified atom stereocenters. The van der Waals surface area contributed by atoms with Gasteiger partial charge in [-0.05, 0) is 18.9 Å². The number of pyridine rings is 1. The number of rotatable bonds is 3. The van der Waals surface area contributed by atoms with Gasteiger partial charge in [-0.1, -0.05) is 23.2 Å². The topological polar surface area (TPSA) is 45.2 Å². The van der Waals surface area contributed by atoms with E-state index in [1.807, 2.05) is 4.90 Å². The first-order chi connectivity index (χ1) is 8.16. The largest absolute Gasteiger partial charge is 0.360 e. The zero-order valence-corrected chi connectivity index (χ0v) is 10.8. The molecule has 6 heteroatoms. The number of likely N-dealkylation sites (tertiary alicyclic amines) is 1. The van der Waals surface area contributed by atoms with Gasteiger partial charge in [-0.3, -0.25) is 4.79 Å². The summed E-state index contributed by atoms with van der Waals surface area (Å²) in [5, 5.41) is 3.82. The fourth-order valence-corrected chi connectivity index (χ4v) is 2.23. The number of carbonyl (C=O) groups is 1. The van der Waals surface area contributed by atoms with Crippen molar-refractivity contribution < 1.29 is 4.79 Å². The summed E-state index contributed by atoms with van der Waals surface area (Å²) in [5.74, 6) is 0.568. The highest BCUT2D eigenvalue weighted by Gasteiger charge is 2.17. The average Bonchev–Trinajstić information content (AvgIpc) is 2.81. The van der Waals surface area contributed by atoms with Gasteiger partial charge in [0, 0.05) is 19.3 Å². The standard InChI is InChI=1S/C11H13Cl2N3O/c12-8-5-9(13)11(14-6-8)15-7-10(17)16-3-1-2-4-16/h5-6H,1-4,7H2,(H,14,15). The molecule has 2 rings (SSSR count). The Kier molecular flexibility index (Phi) is 4.07. The lowest BCUT2D eigenvalue weighted by atomic mass is 10.4. The predicted octanol–water partition coefficient (Wildman–Crippen LogP) is 2.42. The second-order valence-corrected chi connectivity index (χ2v) is 4.77. The minimum atomic E-state index is 0.0790. The van der Waals surface area contributed by atoms with Crippen LogP contribution in [0.25, 0.3) is 0 Å². The highest BCUT2D eigenvalue weighted by molar-refractivity contribution is 6.35. The van der Waals surface area contributed by atoms with Crippen LogP contribution in [0.5, 0.6) is 0 Å². The van der Waals surface area contributed by atoms with Gasteiger partial charge in [-0.25, -0.2) is 4.98 Å². The van der Waals surface area contributed by atoms with E-state index in [4.69, 9.17) is 23.2 Å². The smallest absolute Gasteiger partial charge is 0.241 e. The van der Waals surface area contributed by atoms with Gasteiger partial charge in [0.15, 0.2) is 0 Å². The van der Waals surface area contributed by atoms with Gasteiger partial charge in [0.2, 0.25) is 5.91 Å². The van der Waals surface area contributed by atoms with E-state index in [1.54, 1.807) is 6.07 Å². The lowest BCUT2D eigenvalue weighted by molar-refractivity contribution is -0.128. The third-order valence-electron chi connectivity index (χ3n) is 2.67. The first-order valence-electron chi connectivity index (χ1n) is 5.49. The molecule has 0 bridgehead atoms. The summed E-state index contributed by atoms with van der Waals surface area (Å²) >= 11 is 11.7. The lowest BCUT2D eigenvalue weighted by Gasteiger charge is -2.15. The Bertz CT molecular complexity index is 419. The van der Waals surface area contributed by atoms with Crippen LogP contribution in [-0.2, 0) is 4.79 Å². The highest BCUT2D eigenvalue weighted by Crippen LogP contribution is 2.22. The molecule has 0 saturated carbocycles. The van der Waals surface area contributed by atoms with Gasteiger partial charge in [0.05, 0.1) is 16.6 Å². The van der Waals surface area contributed by atoms with Crippen LogP contribution in [0, 0.1) is 0 Å². The van der Waals surface area contributed by atoms with Crippen LogP contribution in [0.15, 0.2) is 12.3 Å². The van der Waals surface area contributed by atoms with Crippen LogP contribution in [0.2, 0.25) is 10.0 Å². The van der Waals surface area contributed by atoms with E-state index in [0.717, 1.165) is 25.9 Å². The van der Waals surface area contributed by atoms with Gasteiger partial charge in [0.1, 0.15) is 5.82 Å². The molecule has 1 aliphatic heterocycles. The fraction of sp³-hybridized carbons (Fsp3) is 0.455. The molecule has 0 atom stereocenters. The Hall–Kier alpha value is -1.00. The Morgan fingerprint density at radius 1 is 1.41 bits per heavy atom. The highest BCUT2D eigenvalue weighted by atomic mass is 35.5. The number of hydrogen-bond donors (Lipinski definition) is 1. The quantitative estimate of drug-likeness (QED) is 0.920. The van der Waals surface area contributed by atoms with Crippen molar-refractivity contribution >= 4 is 34.9 Å². The predicted molar refractivity (Wildman–Crippen MR) is 68.6 cm³/mol.